The second-order valence-electron chi connectivity index (χ2n) is 4.67. The minimum absolute atomic E-state index is 0.0474. The number of thiazole rings is 1. The molecule has 0 atom stereocenters. The highest BCUT2D eigenvalue weighted by Crippen LogP contribution is 2.23. The fourth-order valence-corrected chi connectivity index (χ4v) is 4.09. The van der Waals surface area contributed by atoms with Crippen LogP contribution in [0.3, 0.4) is 0 Å². The summed E-state index contributed by atoms with van der Waals surface area (Å²) < 4.78 is 42.0. The third-order valence-corrected chi connectivity index (χ3v) is 5.54. The lowest BCUT2D eigenvalue weighted by atomic mass is 10.3. The van der Waals surface area contributed by atoms with Gasteiger partial charge in [-0.2, -0.15) is 0 Å². The lowest BCUT2D eigenvalue weighted by Gasteiger charge is -2.08. The number of nitrogens with one attached hydrogen (secondary N) is 1. The third kappa shape index (κ3) is 2.62. The average Bonchev–Trinajstić information content (AvgIpc) is 2.76. The number of hydrogen-bond acceptors (Lipinski definition) is 4. The van der Waals surface area contributed by atoms with Crippen molar-refractivity contribution in [2.45, 2.75) is 4.90 Å². The van der Waals surface area contributed by atoms with Crippen LogP contribution in [0, 0.1) is 5.82 Å². The molecule has 3 rings (SSSR count). The number of halogens is 1. The standard InChI is InChI=1S/C14H11FN2O3S2/c1-17-12-7-6-11(8-13(12)21-14(17)18)22(19,20)16-10-4-2-9(15)3-5-10/h2-8,16H,1H3. The van der Waals surface area contributed by atoms with Crippen molar-refractivity contribution in [1.82, 2.24) is 4.57 Å². The van der Waals surface area contributed by atoms with Gasteiger partial charge < -0.3 is 4.57 Å². The van der Waals surface area contributed by atoms with Crippen LogP contribution in [0.25, 0.3) is 10.2 Å². The first-order valence-corrected chi connectivity index (χ1v) is 8.55. The molecule has 5 nitrogen and oxygen atoms in total. The van der Waals surface area contributed by atoms with Crippen molar-refractivity contribution in [2.75, 3.05) is 4.72 Å². The number of nitrogens with zero attached hydrogens (tertiary/aromatic N) is 1. The first-order chi connectivity index (χ1) is 10.4. The molecule has 0 saturated heterocycles. The maximum Gasteiger partial charge on any atom is 0.307 e. The molecule has 0 bridgehead atoms. The molecule has 22 heavy (non-hydrogen) atoms. The Labute approximate surface area is 129 Å². The Balaban J connectivity index is 2.01. The van der Waals surface area contributed by atoms with Gasteiger partial charge in [-0.25, -0.2) is 12.8 Å². The lowest BCUT2D eigenvalue weighted by molar-refractivity contribution is 0.601. The second-order valence-corrected chi connectivity index (χ2v) is 7.34. The summed E-state index contributed by atoms with van der Waals surface area (Å²) >= 11 is 0.983. The fourth-order valence-electron chi connectivity index (χ4n) is 2.01. The molecule has 2 aromatic carbocycles. The van der Waals surface area contributed by atoms with Crippen molar-refractivity contribution in [3.05, 3.63) is 57.9 Å². The second kappa shape index (κ2) is 5.22. The number of aromatic nitrogens is 1. The van der Waals surface area contributed by atoms with E-state index in [1.165, 1.54) is 41.0 Å². The van der Waals surface area contributed by atoms with Gasteiger partial charge in [-0.3, -0.25) is 9.52 Å². The van der Waals surface area contributed by atoms with Gasteiger partial charge in [-0.15, -0.1) is 0 Å². The minimum atomic E-state index is -3.80. The van der Waals surface area contributed by atoms with Gasteiger partial charge in [-0.1, -0.05) is 11.3 Å². The van der Waals surface area contributed by atoms with E-state index in [4.69, 9.17) is 0 Å². The van der Waals surface area contributed by atoms with E-state index in [1.807, 2.05) is 0 Å². The molecule has 0 aliphatic rings. The minimum Gasteiger partial charge on any atom is -0.302 e. The molecule has 0 radical (unpaired) electrons. The van der Waals surface area contributed by atoms with Crippen molar-refractivity contribution >= 4 is 37.3 Å². The summed E-state index contributed by atoms with van der Waals surface area (Å²) in [4.78, 5) is 11.5. The monoisotopic (exact) mass is 338 g/mol. The van der Waals surface area contributed by atoms with Crippen LogP contribution in [0.1, 0.15) is 0 Å². The van der Waals surface area contributed by atoms with Gasteiger partial charge in [0.15, 0.2) is 0 Å². The highest BCUT2D eigenvalue weighted by atomic mass is 32.2. The van der Waals surface area contributed by atoms with Gasteiger partial charge in [0.2, 0.25) is 0 Å². The summed E-state index contributed by atoms with van der Waals surface area (Å²) in [6.45, 7) is 0. The molecular weight excluding hydrogens is 327 g/mol. The fraction of sp³-hybridized carbons (Fsp3) is 0.0714. The molecule has 1 heterocycles. The predicted octanol–water partition coefficient (Wildman–Crippen LogP) is 2.54. The number of aryl methyl sites for hydroxylation is 1. The first kappa shape index (κ1) is 14.7. The zero-order valence-electron chi connectivity index (χ0n) is 11.4. The van der Waals surface area contributed by atoms with Crippen molar-refractivity contribution in [2.24, 2.45) is 7.05 Å². The zero-order valence-corrected chi connectivity index (χ0v) is 13.0. The summed E-state index contributed by atoms with van der Waals surface area (Å²) in [6, 6.07) is 9.49. The molecule has 0 unspecified atom stereocenters. The molecule has 0 amide bonds. The molecular formula is C14H11FN2O3S2. The zero-order chi connectivity index (χ0) is 15.9. The van der Waals surface area contributed by atoms with E-state index in [1.54, 1.807) is 13.1 Å². The van der Waals surface area contributed by atoms with E-state index in [0.29, 0.717) is 10.2 Å². The third-order valence-electron chi connectivity index (χ3n) is 3.17. The highest BCUT2D eigenvalue weighted by molar-refractivity contribution is 7.92. The van der Waals surface area contributed by atoms with Gasteiger partial charge in [0.25, 0.3) is 10.0 Å². The van der Waals surface area contributed by atoms with Gasteiger partial charge in [0.05, 0.1) is 15.1 Å². The lowest BCUT2D eigenvalue weighted by Crippen LogP contribution is -2.12. The maximum atomic E-state index is 12.8. The van der Waals surface area contributed by atoms with Gasteiger partial charge in [0.1, 0.15) is 5.82 Å². The molecule has 8 heteroatoms. The van der Waals surface area contributed by atoms with Crippen LogP contribution in [-0.4, -0.2) is 13.0 Å². The Morgan fingerprint density at radius 2 is 1.82 bits per heavy atom. The summed E-state index contributed by atoms with van der Waals surface area (Å²) in [6.07, 6.45) is 0. The number of anilines is 1. The average molecular weight is 338 g/mol. The van der Waals surface area contributed by atoms with Crippen molar-refractivity contribution in [1.29, 1.82) is 0 Å². The van der Waals surface area contributed by atoms with E-state index in [2.05, 4.69) is 4.72 Å². The first-order valence-electron chi connectivity index (χ1n) is 6.25. The van der Waals surface area contributed by atoms with Crippen LogP contribution in [0.2, 0.25) is 0 Å². The number of hydrogen-bond donors (Lipinski definition) is 1. The molecule has 1 N–H and O–H groups in total. The Hall–Kier alpha value is -2.19. The smallest absolute Gasteiger partial charge is 0.302 e. The van der Waals surface area contributed by atoms with E-state index >= 15 is 0 Å². The summed E-state index contributed by atoms with van der Waals surface area (Å²) in [5, 5.41) is 0. The van der Waals surface area contributed by atoms with E-state index in [-0.39, 0.29) is 15.5 Å². The summed E-state index contributed by atoms with van der Waals surface area (Å²) in [5.41, 5.74) is 0.943. The van der Waals surface area contributed by atoms with E-state index in [9.17, 15) is 17.6 Å². The summed E-state index contributed by atoms with van der Waals surface area (Å²) in [7, 11) is -2.17. The molecule has 114 valence electrons. The van der Waals surface area contributed by atoms with Crippen LogP contribution in [0.4, 0.5) is 10.1 Å². The molecule has 0 aliphatic carbocycles. The molecule has 0 saturated carbocycles. The molecule has 0 fully saturated rings. The van der Waals surface area contributed by atoms with Crippen LogP contribution in [0.5, 0.6) is 0 Å². The maximum absolute atomic E-state index is 12.8. The molecule has 1 aromatic heterocycles. The number of rotatable bonds is 3. The Bertz CT molecular complexity index is 1000. The van der Waals surface area contributed by atoms with E-state index in [0.717, 1.165) is 11.3 Å². The highest BCUT2D eigenvalue weighted by Gasteiger charge is 2.16. The van der Waals surface area contributed by atoms with Crippen molar-refractivity contribution < 1.29 is 12.8 Å². The predicted molar refractivity (Wildman–Crippen MR) is 84.3 cm³/mol. The van der Waals surface area contributed by atoms with Gasteiger partial charge >= 0.3 is 4.87 Å². The van der Waals surface area contributed by atoms with Crippen LogP contribution < -0.4 is 9.60 Å². The van der Waals surface area contributed by atoms with Gasteiger partial charge in [0, 0.05) is 12.7 Å². The normalized spacial score (nSPS) is 11.7. The number of benzene rings is 2. The Morgan fingerprint density at radius 1 is 1.14 bits per heavy atom. The van der Waals surface area contributed by atoms with Crippen LogP contribution >= 0.6 is 11.3 Å². The Morgan fingerprint density at radius 3 is 2.50 bits per heavy atom. The van der Waals surface area contributed by atoms with Crippen molar-refractivity contribution in [3.63, 3.8) is 0 Å². The summed E-state index contributed by atoms with van der Waals surface area (Å²) in [5.74, 6) is -0.446. The number of sulfonamides is 1. The molecule has 0 spiro atoms. The van der Waals surface area contributed by atoms with E-state index < -0.39 is 15.8 Å². The number of fused-ring (bicyclic) bond motifs is 1. The van der Waals surface area contributed by atoms with Crippen LogP contribution in [-0.2, 0) is 17.1 Å². The van der Waals surface area contributed by atoms with Crippen molar-refractivity contribution in [3.8, 4) is 0 Å². The van der Waals surface area contributed by atoms with Gasteiger partial charge in [-0.05, 0) is 42.5 Å². The Kier molecular flexibility index (Phi) is 3.50. The quantitative estimate of drug-likeness (QED) is 0.798. The molecule has 3 aromatic rings. The van der Waals surface area contributed by atoms with Crippen LogP contribution in [0.15, 0.2) is 52.2 Å². The topological polar surface area (TPSA) is 68.2 Å². The SMILES string of the molecule is Cn1c(=O)sc2cc(S(=O)(=O)Nc3ccc(F)cc3)ccc21. The largest absolute Gasteiger partial charge is 0.307 e. The molecule has 0 aliphatic heterocycles.